The van der Waals surface area contributed by atoms with Crippen LogP contribution >= 0.6 is 11.6 Å². The van der Waals surface area contributed by atoms with E-state index in [9.17, 15) is 13.2 Å². The summed E-state index contributed by atoms with van der Waals surface area (Å²) in [7, 11) is 0. The third-order valence-electron chi connectivity index (χ3n) is 2.53. The van der Waals surface area contributed by atoms with Crippen LogP contribution in [0.1, 0.15) is 11.1 Å². The Morgan fingerprint density at radius 1 is 1.00 bits per heavy atom. The predicted molar refractivity (Wildman–Crippen MR) is 74.1 cm³/mol. The van der Waals surface area contributed by atoms with Crippen molar-refractivity contribution in [1.82, 2.24) is 0 Å². The average molecular weight is 299 g/mol. The van der Waals surface area contributed by atoms with Crippen LogP contribution < -0.4 is 5.43 Å². The third kappa shape index (κ3) is 3.51. The van der Waals surface area contributed by atoms with Gasteiger partial charge in [0.25, 0.3) is 0 Å². The molecule has 2 aromatic rings. The molecule has 6 heteroatoms. The molecule has 20 heavy (non-hydrogen) atoms. The van der Waals surface area contributed by atoms with Gasteiger partial charge in [0.1, 0.15) is 0 Å². The summed E-state index contributed by atoms with van der Waals surface area (Å²) in [6, 6.07) is 12.0. The first-order chi connectivity index (χ1) is 9.48. The molecule has 0 amide bonds. The highest BCUT2D eigenvalue weighted by Crippen LogP contribution is 2.34. The van der Waals surface area contributed by atoms with Crippen LogP contribution in [0, 0.1) is 0 Å². The summed E-state index contributed by atoms with van der Waals surface area (Å²) >= 11 is 5.91. The molecule has 0 fully saturated rings. The highest BCUT2D eigenvalue weighted by Gasteiger charge is 2.33. The van der Waals surface area contributed by atoms with Gasteiger partial charge in [-0.2, -0.15) is 18.3 Å². The number of nitrogens with zero attached hydrogens (tertiary/aromatic N) is 1. The van der Waals surface area contributed by atoms with Crippen LogP contribution in [0.2, 0.25) is 5.02 Å². The molecular weight excluding hydrogens is 289 g/mol. The topological polar surface area (TPSA) is 24.4 Å². The van der Waals surface area contributed by atoms with E-state index in [1.807, 2.05) is 0 Å². The van der Waals surface area contributed by atoms with Crippen molar-refractivity contribution in [2.24, 2.45) is 5.10 Å². The van der Waals surface area contributed by atoms with Gasteiger partial charge in [0, 0.05) is 10.6 Å². The number of para-hydroxylation sites is 1. The Morgan fingerprint density at radius 2 is 1.65 bits per heavy atom. The van der Waals surface area contributed by atoms with Crippen LogP contribution in [0.15, 0.2) is 53.6 Å². The van der Waals surface area contributed by atoms with Gasteiger partial charge in [-0.1, -0.05) is 41.9 Å². The predicted octanol–water partition coefficient (Wildman–Crippen LogP) is 4.80. The molecule has 0 bridgehead atoms. The van der Waals surface area contributed by atoms with Gasteiger partial charge in [-0.15, -0.1) is 0 Å². The Balaban J connectivity index is 2.18. The minimum atomic E-state index is -4.43. The molecule has 2 aromatic carbocycles. The molecule has 0 aliphatic carbocycles. The smallest absolute Gasteiger partial charge is 0.278 e. The molecule has 2 nitrogen and oxygen atoms in total. The molecule has 0 saturated carbocycles. The number of alkyl halides is 3. The molecule has 1 N–H and O–H groups in total. The lowest BCUT2D eigenvalue weighted by Gasteiger charge is -2.11. The first kappa shape index (κ1) is 14.4. The maximum Gasteiger partial charge on any atom is 0.418 e. The van der Waals surface area contributed by atoms with Crippen molar-refractivity contribution in [3.05, 3.63) is 64.7 Å². The lowest BCUT2D eigenvalue weighted by atomic mass is 10.2. The quantitative estimate of drug-likeness (QED) is 0.638. The van der Waals surface area contributed by atoms with E-state index < -0.39 is 11.7 Å². The van der Waals surface area contributed by atoms with Gasteiger partial charge in [0.05, 0.1) is 17.5 Å². The molecule has 104 valence electrons. The Kier molecular flexibility index (Phi) is 4.29. The second-order valence-corrected chi connectivity index (χ2v) is 4.34. The van der Waals surface area contributed by atoms with Crippen LogP contribution in [0.5, 0.6) is 0 Å². The van der Waals surface area contributed by atoms with Crippen LogP contribution in [0.4, 0.5) is 18.9 Å². The molecule has 2 rings (SSSR count). The molecule has 0 atom stereocenters. The third-order valence-corrected chi connectivity index (χ3v) is 2.87. The number of hydrogen-bond donors (Lipinski definition) is 1. The summed E-state index contributed by atoms with van der Waals surface area (Å²) in [5.74, 6) is 0. The number of halogens is 4. The number of rotatable bonds is 3. The number of anilines is 1. The zero-order chi connectivity index (χ0) is 14.6. The van der Waals surface area contributed by atoms with Crippen LogP contribution in [-0.2, 0) is 6.18 Å². The van der Waals surface area contributed by atoms with E-state index >= 15 is 0 Å². The highest BCUT2D eigenvalue weighted by atomic mass is 35.5. The van der Waals surface area contributed by atoms with E-state index in [1.54, 1.807) is 24.3 Å². The standard InChI is InChI=1S/C14H10ClF3N2/c15-12-7-3-1-5-10(12)9-19-20-13-8-4-2-6-11(13)14(16,17)18/h1-9,20H/b19-9+. The number of benzene rings is 2. The highest BCUT2D eigenvalue weighted by molar-refractivity contribution is 6.33. The van der Waals surface area contributed by atoms with Crippen molar-refractivity contribution < 1.29 is 13.2 Å². The number of nitrogens with one attached hydrogen (secondary N) is 1. The lowest BCUT2D eigenvalue weighted by molar-refractivity contribution is -0.136. The minimum absolute atomic E-state index is 0.108. The van der Waals surface area contributed by atoms with E-state index in [1.165, 1.54) is 24.4 Å². The van der Waals surface area contributed by atoms with Gasteiger partial charge in [0.2, 0.25) is 0 Å². The average Bonchev–Trinajstić information content (AvgIpc) is 2.40. The summed E-state index contributed by atoms with van der Waals surface area (Å²) in [5, 5.41) is 4.26. The van der Waals surface area contributed by atoms with Gasteiger partial charge >= 0.3 is 6.18 Å². The Labute approximate surface area is 118 Å². The van der Waals surface area contributed by atoms with Crippen molar-refractivity contribution in [2.45, 2.75) is 6.18 Å². The fourth-order valence-electron chi connectivity index (χ4n) is 1.58. The summed E-state index contributed by atoms with van der Waals surface area (Å²) < 4.78 is 38.2. The van der Waals surface area contributed by atoms with Gasteiger partial charge < -0.3 is 0 Å². The summed E-state index contributed by atoms with van der Waals surface area (Å²) in [5.41, 5.74) is 2.13. The van der Waals surface area contributed by atoms with Gasteiger partial charge in [-0.05, 0) is 18.2 Å². The summed E-state index contributed by atoms with van der Waals surface area (Å²) in [6.07, 6.45) is -3.06. The molecular formula is C14H10ClF3N2. The van der Waals surface area contributed by atoms with Crippen molar-refractivity contribution in [3.63, 3.8) is 0 Å². The zero-order valence-electron chi connectivity index (χ0n) is 10.2. The first-order valence-corrected chi connectivity index (χ1v) is 6.06. The fraction of sp³-hybridized carbons (Fsp3) is 0.0714. The minimum Gasteiger partial charge on any atom is -0.278 e. The zero-order valence-corrected chi connectivity index (χ0v) is 10.9. The normalized spacial score (nSPS) is 11.8. The molecule has 0 heterocycles. The number of hydrazone groups is 1. The van der Waals surface area contributed by atoms with E-state index in [-0.39, 0.29) is 5.69 Å². The Morgan fingerprint density at radius 3 is 2.35 bits per heavy atom. The van der Waals surface area contributed by atoms with Crippen molar-refractivity contribution in [3.8, 4) is 0 Å². The van der Waals surface area contributed by atoms with Crippen molar-refractivity contribution in [2.75, 3.05) is 5.43 Å². The summed E-state index contributed by atoms with van der Waals surface area (Å²) in [4.78, 5) is 0. The van der Waals surface area contributed by atoms with Gasteiger partial charge in [0.15, 0.2) is 0 Å². The SMILES string of the molecule is FC(F)(F)c1ccccc1N/N=C/c1ccccc1Cl. The Bertz CT molecular complexity index is 624. The summed E-state index contributed by atoms with van der Waals surface area (Å²) in [6.45, 7) is 0. The van der Waals surface area contributed by atoms with E-state index in [0.717, 1.165) is 6.07 Å². The maximum absolute atomic E-state index is 12.7. The van der Waals surface area contributed by atoms with Crippen LogP contribution in [0.25, 0.3) is 0 Å². The van der Waals surface area contributed by atoms with E-state index in [0.29, 0.717) is 10.6 Å². The fourth-order valence-corrected chi connectivity index (χ4v) is 1.76. The molecule has 0 saturated heterocycles. The second-order valence-electron chi connectivity index (χ2n) is 3.93. The van der Waals surface area contributed by atoms with Crippen molar-refractivity contribution >= 4 is 23.5 Å². The van der Waals surface area contributed by atoms with Crippen LogP contribution in [-0.4, -0.2) is 6.21 Å². The molecule has 0 radical (unpaired) electrons. The monoisotopic (exact) mass is 298 g/mol. The molecule has 0 aromatic heterocycles. The van der Waals surface area contributed by atoms with Crippen molar-refractivity contribution in [1.29, 1.82) is 0 Å². The molecule has 0 aliphatic heterocycles. The maximum atomic E-state index is 12.7. The Hall–Kier alpha value is -2.01. The van der Waals surface area contributed by atoms with Crippen LogP contribution in [0.3, 0.4) is 0 Å². The number of hydrogen-bond acceptors (Lipinski definition) is 2. The van der Waals surface area contributed by atoms with Gasteiger partial charge in [-0.3, -0.25) is 5.43 Å². The van der Waals surface area contributed by atoms with E-state index in [4.69, 9.17) is 11.6 Å². The molecule has 0 spiro atoms. The molecule has 0 aliphatic rings. The van der Waals surface area contributed by atoms with Gasteiger partial charge in [-0.25, -0.2) is 0 Å². The first-order valence-electron chi connectivity index (χ1n) is 5.68. The second kappa shape index (κ2) is 5.96. The largest absolute Gasteiger partial charge is 0.418 e. The molecule has 0 unspecified atom stereocenters. The van der Waals surface area contributed by atoms with E-state index in [2.05, 4.69) is 10.5 Å². The lowest BCUT2D eigenvalue weighted by Crippen LogP contribution is -2.08.